The van der Waals surface area contributed by atoms with E-state index >= 15 is 0 Å². The van der Waals surface area contributed by atoms with Crippen molar-refractivity contribution in [2.75, 3.05) is 5.32 Å². The van der Waals surface area contributed by atoms with Crippen LogP contribution in [0.25, 0.3) is 0 Å². The first-order valence-electron chi connectivity index (χ1n) is 8.95. The van der Waals surface area contributed by atoms with Crippen molar-refractivity contribution >= 4 is 33.0 Å². The van der Waals surface area contributed by atoms with Crippen molar-refractivity contribution in [2.45, 2.75) is 56.1 Å². The second-order valence-electron chi connectivity index (χ2n) is 6.75. The number of thiazole rings is 1. The van der Waals surface area contributed by atoms with Crippen LogP contribution >= 0.6 is 11.3 Å². The molecule has 1 aromatic carbocycles. The van der Waals surface area contributed by atoms with E-state index in [0.717, 1.165) is 55.6 Å². The molecule has 1 aromatic heterocycles. The molecule has 0 radical (unpaired) electrons. The summed E-state index contributed by atoms with van der Waals surface area (Å²) in [5.74, 6) is 0. The molecule has 1 unspecified atom stereocenters. The summed E-state index contributed by atoms with van der Waals surface area (Å²) in [7, 11) is -3.28. The average Bonchev–Trinajstić information content (AvgIpc) is 3.33. The van der Waals surface area contributed by atoms with E-state index in [1.165, 1.54) is 39.8 Å². The number of aromatic nitrogens is 1. The van der Waals surface area contributed by atoms with Gasteiger partial charge in [-0.1, -0.05) is 13.0 Å². The van der Waals surface area contributed by atoms with Gasteiger partial charge in [-0.25, -0.2) is 19.1 Å². The third kappa shape index (κ3) is 3.17. The molecule has 3 N–H and O–H groups in total. The highest BCUT2D eigenvalue weighted by Crippen LogP contribution is 2.38. The number of amides is 2. The Morgan fingerprint density at radius 1 is 1.27 bits per heavy atom. The second-order valence-corrected chi connectivity index (χ2v) is 9.88. The fourth-order valence-electron chi connectivity index (χ4n) is 3.86. The van der Waals surface area contributed by atoms with Gasteiger partial charge in [-0.05, 0) is 67.2 Å². The van der Waals surface area contributed by atoms with Crippen LogP contribution in [-0.2, 0) is 42.0 Å². The van der Waals surface area contributed by atoms with Gasteiger partial charge in [-0.3, -0.25) is 0 Å². The molecule has 0 bridgehead atoms. The summed E-state index contributed by atoms with van der Waals surface area (Å²) < 4.78 is 16.8. The van der Waals surface area contributed by atoms with E-state index in [1.54, 1.807) is 0 Å². The quantitative estimate of drug-likeness (QED) is 0.837. The van der Waals surface area contributed by atoms with E-state index in [1.807, 2.05) is 6.92 Å². The van der Waals surface area contributed by atoms with Crippen molar-refractivity contribution < 1.29 is 9.00 Å². The van der Waals surface area contributed by atoms with Crippen LogP contribution < -0.4 is 10.5 Å². The van der Waals surface area contributed by atoms with Crippen molar-refractivity contribution in [2.24, 2.45) is 9.50 Å². The van der Waals surface area contributed by atoms with Crippen LogP contribution in [0.4, 0.5) is 10.5 Å². The number of hydrogen-bond donors (Lipinski definition) is 2. The van der Waals surface area contributed by atoms with Gasteiger partial charge in [0.25, 0.3) is 0 Å². The number of urea groups is 1. The van der Waals surface area contributed by atoms with Gasteiger partial charge in [0, 0.05) is 5.69 Å². The van der Waals surface area contributed by atoms with E-state index in [2.05, 4.69) is 20.7 Å². The molecule has 2 aromatic rings. The number of carbonyl (C=O) groups is 1. The standard InChI is InChI=1S/C18H22N4O2S2/c1-2-15-20-10-16(25-15)26(19,24)22-18(23)21-17-13-7-3-5-11(13)9-12-6-4-8-14(12)17/h9-10H,2-8H2,1H3,(H3,19,21,22,23,24). The fraction of sp³-hybridized carbons (Fsp3) is 0.444. The van der Waals surface area contributed by atoms with Gasteiger partial charge in [0.2, 0.25) is 0 Å². The van der Waals surface area contributed by atoms with Crippen LogP contribution in [0.15, 0.2) is 20.8 Å². The lowest BCUT2D eigenvalue weighted by atomic mass is 9.99. The number of nitrogens with zero attached hydrogens (tertiary/aromatic N) is 2. The maximum atomic E-state index is 12.7. The fourth-order valence-corrected chi connectivity index (χ4v) is 5.91. The van der Waals surface area contributed by atoms with Crippen molar-refractivity contribution in [3.63, 3.8) is 0 Å². The highest BCUT2D eigenvalue weighted by molar-refractivity contribution is 7.93. The highest BCUT2D eigenvalue weighted by Gasteiger charge is 2.25. The van der Waals surface area contributed by atoms with Gasteiger partial charge in [0.1, 0.15) is 4.21 Å². The summed E-state index contributed by atoms with van der Waals surface area (Å²) in [5, 5.41) is 9.59. The number of anilines is 1. The summed E-state index contributed by atoms with van der Waals surface area (Å²) >= 11 is 1.24. The van der Waals surface area contributed by atoms with Crippen molar-refractivity contribution in [1.29, 1.82) is 0 Å². The van der Waals surface area contributed by atoms with Crippen LogP contribution in [0.3, 0.4) is 0 Å². The van der Waals surface area contributed by atoms with Crippen LogP contribution in [0.5, 0.6) is 0 Å². The van der Waals surface area contributed by atoms with E-state index in [4.69, 9.17) is 5.14 Å². The molecular formula is C18H22N4O2S2. The number of nitrogens with one attached hydrogen (secondary N) is 1. The molecule has 0 fully saturated rings. The van der Waals surface area contributed by atoms with Crippen molar-refractivity contribution in [3.8, 4) is 0 Å². The minimum atomic E-state index is -3.28. The molecule has 4 rings (SSSR count). The van der Waals surface area contributed by atoms with Crippen LogP contribution in [0.1, 0.15) is 47.0 Å². The lowest BCUT2D eigenvalue weighted by Gasteiger charge is -2.15. The Balaban J connectivity index is 1.66. The summed E-state index contributed by atoms with van der Waals surface area (Å²) in [6.07, 6.45) is 8.43. The zero-order chi connectivity index (χ0) is 18.3. The van der Waals surface area contributed by atoms with Gasteiger partial charge < -0.3 is 5.32 Å². The van der Waals surface area contributed by atoms with E-state index in [9.17, 15) is 9.00 Å². The smallest absolute Gasteiger partial charge is 0.305 e. The molecule has 2 aliphatic carbocycles. The third-order valence-corrected chi connectivity index (χ3v) is 8.07. The predicted molar refractivity (Wildman–Crippen MR) is 104 cm³/mol. The summed E-state index contributed by atoms with van der Waals surface area (Å²) in [6.45, 7) is 1.96. The molecule has 0 aliphatic heterocycles. The maximum Gasteiger partial charge on any atom is 0.354 e. The van der Waals surface area contributed by atoms with Crippen LogP contribution in [0, 0.1) is 0 Å². The molecule has 6 nitrogen and oxygen atoms in total. The van der Waals surface area contributed by atoms with Crippen molar-refractivity contribution in [1.82, 2.24) is 4.98 Å². The SMILES string of the molecule is CCc1ncc(S(N)(=O)=NC(=O)Nc2c3c(cc4c2CCC4)CCC3)s1. The largest absolute Gasteiger partial charge is 0.354 e. The average molecular weight is 391 g/mol. The number of benzene rings is 1. The topological polar surface area (TPSA) is 97.4 Å². The number of hydrogen-bond acceptors (Lipinski definition) is 4. The monoisotopic (exact) mass is 390 g/mol. The van der Waals surface area contributed by atoms with Crippen LogP contribution in [0.2, 0.25) is 0 Å². The Hall–Kier alpha value is -1.77. The molecule has 0 spiro atoms. The lowest BCUT2D eigenvalue weighted by Crippen LogP contribution is -2.18. The van der Waals surface area contributed by atoms with E-state index in [0.29, 0.717) is 4.21 Å². The molecule has 1 atom stereocenters. The summed E-state index contributed by atoms with van der Waals surface area (Å²) in [4.78, 5) is 16.7. The lowest BCUT2D eigenvalue weighted by molar-refractivity contribution is 0.260. The van der Waals surface area contributed by atoms with Crippen LogP contribution in [-0.4, -0.2) is 15.2 Å². The van der Waals surface area contributed by atoms with E-state index in [-0.39, 0.29) is 0 Å². The number of carbonyl (C=O) groups excluding carboxylic acids is 1. The first-order valence-corrected chi connectivity index (χ1v) is 11.3. The second kappa shape index (κ2) is 6.75. The summed E-state index contributed by atoms with van der Waals surface area (Å²) in [6, 6.07) is 1.66. The zero-order valence-corrected chi connectivity index (χ0v) is 16.3. The molecule has 0 saturated carbocycles. The number of aryl methyl sites for hydroxylation is 3. The molecule has 2 aliphatic rings. The minimum absolute atomic E-state index is 0.341. The first-order chi connectivity index (χ1) is 12.5. The molecular weight excluding hydrogens is 368 g/mol. The molecule has 138 valence electrons. The maximum absolute atomic E-state index is 12.7. The van der Waals surface area contributed by atoms with Crippen molar-refractivity contribution in [3.05, 3.63) is 39.5 Å². The normalized spacial score (nSPS) is 17.5. The molecule has 8 heteroatoms. The van der Waals surface area contributed by atoms with Gasteiger partial charge in [0.15, 0.2) is 9.92 Å². The molecule has 26 heavy (non-hydrogen) atoms. The van der Waals surface area contributed by atoms with Gasteiger partial charge in [-0.2, -0.15) is 0 Å². The number of rotatable bonds is 3. The van der Waals surface area contributed by atoms with Gasteiger partial charge >= 0.3 is 6.03 Å². The van der Waals surface area contributed by atoms with Gasteiger partial charge in [0.05, 0.1) is 11.2 Å². The Kier molecular flexibility index (Phi) is 4.58. The number of fused-ring (bicyclic) bond motifs is 2. The first kappa shape index (κ1) is 17.6. The zero-order valence-electron chi connectivity index (χ0n) is 14.7. The highest BCUT2D eigenvalue weighted by atomic mass is 32.2. The summed E-state index contributed by atoms with van der Waals surface area (Å²) in [5.41, 5.74) is 5.96. The van der Waals surface area contributed by atoms with Gasteiger partial charge in [-0.15, -0.1) is 15.7 Å². The van der Waals surface area contributed by atoms with E-state index < -0.39 is 15.9 Å². The Morgan fingerprint density at radius 3 is 2.50 bits per heavy atom. The minimum Gasteiger partial charge on any atom is -0.305 e. The Bertz CT molecular complexity index is 971. The molecule has 1 heterocycles. The molecule has 0 saturated heterocycles. The Labute approximate surface area is 157 Å². The number of nitrogens with two attached hydrogens (primary N) is 1. The predicted octanol–water partition coefficient (Wildman–Crippen LogP) is 3.62. The third-order valence-electron chi connectivity index (χ3n) is 5.05. The Morgan fingerprint density at radius 2 is 1.92 bits per heavy atom. The molecule has 2 amide bonds.